The van der Waals surface area contributed by atoms with Crippen molar-refractivity contribution in [3.63, 3.8) is 0 Å². The van der Waals surface area contributed by atoms with E-state index < -0.39 is 9.84 Å². The van der Waals surface area contributed by atoms with Gasteiger partial charge in [0, 0.05) is 6.61 Å². The van der Waals surface area contributed by atoms with Crippen LogP contribution in [0.2, 0.25) is 0 Å². The molecule has 0 N–H and O–H groups in total. The van der Waals surface area contributed by atoms with Crippen LogP contribution in [-0.2, 0) is 14.6 Å². The molecule has 0 aromatic carbocycles. The molecule has 0 unspecified atom stereocenters. The Balaban J connectivity index is 3.79. The maximum absolute atomic E-state index is 11.8. The lowest BCUT2D eigenvalue weighted by molar-refractivity contribution is 0.0720. The molecule has 0 amide bonds. The fourth-order valence-electron chi connectivity index (χ4n) is 1.32. The van der Waals surface area contributed by atoms with Gasteiger partial charge in [-0.15, -0.1) is 0 Å². The zero-order chi connectivity index (χ0) is 14.4. The van der Waals surface area contributed by atoms with E-state index in [-0.39, 0.29) is 22.3 Å². The molecule has 0 atom stereocenters. The third-order valence-electron chi connectivity index (χ3n) is 2.44. The first-order valence-electron chi connectivity index (χ1n) is 6.70. The Labute approximate surface area is 113 Å². The van der Waals surface area contributed by atoms with Crippen molar-refractivity contribution in [3.05, 3.63) is 0 Å². The van der Waals surface area contributed by atoms with Crippen molar-refractivity contribution in [2.75, 3.05) is 24.7 Å². The first-order valence-corrected chi connectivity index (χ1v) is 8.52. The topological polar surface area (TPSA) is 43.4 Å². The maximum Gasteiger partial charge on any atom is 0.150 e. The first kappa shape index (κ1) is 17.9. The minimum atomic E-state index is -2.91. The molecule has 0 fully saturated rings. The molecule has 0 aliphatic heterocycles. The Morgan fingerprint density at radius 3 is 1.89 bits per heavy atom. The lowest BCUT2D eigenvalue weighted by atomic mass is 9.94. The van der Waals surface area contributed by atoms with Crippen molar-refractivity contribution >= 4 is 9.84 Å². The summed E-state index contributed by atoms with van der Waals surface area (Å²) in [6.07, 6.45) is 1.32. The van der Waals surface area contributed by atoms with Crippen LogP contribution in [0.1, 0.15) is 54.4 Å². The van der Waals surface area contributed by atoms with Crippen LogP contribution >= 0.6 is 0 Å². The van der Waals surface area contributed by atoms with Crippen molar-refractivity contribution in [1.82, 2.24) is 0 Å². The van der Waals surface area contributed by atoms with Gasteiger partial charge in [-0.3, -0.25) is 0 Å². The Morgan fingerprint density at radius 1 is 0.889 bits per heavy atom. The Bertz CT molecular complexity index is 318. The fraction of sp³-hybridized carbons (Fsp3) is 1.00. The van der Waals surface area contributed by atoms with Crippen LogP contribution in [0.4, 0.5) is 0 Å². The van der Waals surface area contributed by atoms with E-state index in [0.29, 0.717) is 19.6 Å². The normalized spacial score (nSPS) is 13.9. The molecule has 4 heteroatoms. The minimum absolute atomic E-state index is 0.0792. The van der Waals surface area contributed by atoms with E-state index in [1.165, 1.54) is 0 Å². The molecule has 0 aromatic rings. The summed E-state index contributed by atoms with van der Waals surface area (Å²) < 4.78 is 29.0. The third-order valence-corrected chi connectivity index (χ3v) is 4.18. The van der Waals surface area contributed by atoms with E-state index in [0.717, 1.165) is 6.42 Å². The van der Waals surface area contributed by atoms with Gasteiger partial charge in [0.1, 0.15) is 9.84 Å². The van der Waals surface area contributed by atoms with E-state index in [2.05, 4.69) is 41.5 Å². The standard InChI is InChI=1S/C14H30O3S/c1-13(2,3)8-11-18(15,16)10-7-9-17-12-14(4,5)6/h7-12H2,1-6H3. The minimum Gasteiger partial charge on any atom is -0.381 e. The van der Waals surface area contributed by atoms with E-state index in [4.69, 9.17) is 4.74 Å². The van der Waals surface area contributed by atoms with Crippen LogP contribution in [-0.4, -0.2) is 33.1 Å². The number of rotatable bonds is 7. The molecule has 0 aliphatic carbocycles. The van der Waals surface area contributed by atoms with Crippen molar-refractivity contribution in [3.8, 4) is 0 Å². The van der Waals surface area contributed by atoms with Gasteiger partial charge in [0.15, 0.2) is 0 Å². The highest BCUT2D eigenvalue weighted by Crippen LogP contribution is 2.19. The van der Waals surface area contributed by atoms with Crippen LogP contribution < -0.4 is 0 Å². The van der Waals surface area contributed by atoms with Crippen molar-refractivity contribution in [2.45, 2.75) is 54.4 Å². The molecule has 0 rings (SSSR count). The molecule has 0 aromatic heterocycles. The van der Waals surface area contributed by atoms with E-state index >= 15 is 0 Å². The molecule has 0 spiro atoms. The number of ether oxygens (including phenoxy) is 1. The van der Waals surface area contributed by atoms with Crippen molar-refractivity contribution < 1.29 is 13.2 Å². The third kappa shape index (κ3) is 12.4. The highest BCUT2D eigenvalue weighted by Gasteiger charge is 2.17. The molecule has 0 aliphatic rings. The first-order chi connectivity index (χ1) is 7.91. The maximum atomic E-state index is 11.8. The highest BCUT2D eigenvalue weighted by atomic mass is 32.2. The molecule has 0 saturated heterocycles. The second-order valence-electron chi connectivity index (χ2n) is 7.43. The summed E-state index contributed by atoms with van der Waals surface area (Å²) in [5, 5.41) is 0. The van der Waals surface area contributed by atoms with Gasteiger partial charge >= 0.3 is 0 Å². The quantitative estimate of drug-likeness (QED) is 0.671. The molecular weight excluding hydrogens is 248 g/mol. The van der Waals surface area contributed by atoms with Gasteiger partial charge in [-0.05, 0) is 23.7 Å². The largest absolute Gasteiger partial charge is 0.381 e. The van der Waals surface area contributed by atoms with Crippen LogP contribution in [0.15, 0.2) is 0 Å². The molecule has 0 heterocycles. The molecule has 0 radical (unpaired) electrons. The molecule has 18 heavy (non-hydrogen) atoms. The number of sulfone groups is 1. The zero-order valence-corrected chi connectivity index (χ0v) is 13.7. The lowest BCUT2D eigenvalue weighted by Crippen LogP contribution is -2.19. The van der Waals surface area contributed by atoms with Crippen LogP contribution in [0.25, 0.3) is 0 Å². The predicted molar refractivity (Wildman–Crippen MR) is 77.6 cm³/mol. The van der Waals surface area contributed by atoms with Crippen molar-refractivity contribution in [1.29, 1.82) is 0 Å². The number of hydrogen-bond donors (Lipinski definition) is 0. The average Bonchev–Trinajstić information content (AvgIpc) is 2.11. The van der Waals surface area contributed by atoms with Crippen LogP contribution in [0.3, 0.4) is 0 Å². The summed E-state index contributed by atoms with van der Waals surface area (Å²) in [4.78, 5) is 0. The Kier molecular flexibility index (Phi) is 6.86. The van der Waals surface area contributed by atoms with Gasteiger partial charge < -0.3 is 4.74 Å². The van der Waals surface area contributed by atoms with Gasteiger partial charge in [-0.25, -0.2) is 8.42 Å². The van der Waals surface area contributed by atoms with E-state index in [1.807, 2.05) is 0 Å². The highest BCUT2D eigenvalue weighted by molar-refractivity contribution is 7.91. The summed E-state index contributed by atoms with van der Waals surface area (Å²) in [7, 11) is -2.91. The van der Waals surface area contributed by atoms with Crippen LogP contribution in [0.5, 0.6) is 0 Å². The number of hydrogen-bond acceptors (Lipinski definition) is 3. The molecule has 0 saturated carbocycles. The summed E-state index contributed by atoms with van der Waals surface area (Å²) in [5.41, 5.74) is 0.223. The summed E-state index contributed by atoms with van der Waals surface area (Å²) in [6, 6.07) is 0. The fourth-order valence-corrected chi connectivity index (χ4v) is 3.01. The molecular formula is C14H30O3S. The van der Waals surface area contributed by atoms with Gasteiger partial charge in [-0.2, -0.15) is 0 Å². The SMILES string of the molecule is CC(C)(C)CCS(=O)(=O)CCCOCC(C)(C)C. The summed E-state index contributed by atoms with van der Waals surface area (Å²) in [5.74, 6) is 0.531. The van der Waals surface area contributed by atoms with Gasteiger partial charge in [0.25, 0.3) is 0 Å². The van der Waals surface area contributed by atoms with Crippen LogP contribution in [0, 0.1) is 10.8 Å². The summed E-state index contributed by atoms with van der Waals surface area (Å²) in [6.45, 7) is 13.7. The second-order valence-corrected chi connectivity index (χ2v) is 9.73. The van der Waals surface area contributed by atoms with Gasteiger partial charge in [-0.1, -0.05) is 41.5 Å². The second kappa shape index (κ2) is 6.90. The Hall–Kier alpha value is -0.0900. The Morgan fingerprint density at radius 2 is 1.44 bits per heavy atom. The van der Waals surface area contributed by atoms with Gasteiger partial charge in [0.2, 0.25) is 0 Å². The molecule has 0 bridgehead atoms. The molecule has 110 valence electrons. The van der Waals surface area contributed by atoms with E-state index in [9.17, 15) is 8.42 Å². The predicted octanol–water partition coefficient (Wildman–Crippen LogP) is 3.29. The smallest absolute Gasteiger partial charge is 0.150 e. The lowest BCUT2D eigenvalue weighted by Gasteiger charge is -2.19. The molecule has 3 nitrogen and oxygen atoms in total. The average molecular weight is 278 g/mol. The monoisotopic (exact) mass is 278 g/mol. The van der Waals surface area contributed by atoms with Crippen molar-refractivity contribution in [2.24, 2.45) is 10.8 Å². The van der Waals surface area contributed by atoms with E-state index in [1.54, 1.807) is 0 Å². The summed E-state index contributed by atoms with van der Waals surface area (Å²) >= 11 is 0. The zero-order valence-electron chi connectivity index (χ0n) is 12.9. The van der Waals surface area contributed by atoms with Gasteiger partial charge in [0.05, 0.1) is 18.1 Å².